The molecule has 2 atom stereocenters. The van der Waals surface area contributed by atoms with Crippen LogP contribution in [0.15, 0.2) is 24.3 Å². The largest absolute Gasteiger partial charge is 0.383 e. The first kappa shape index (κ1) is 10.7. The van der Waals surface area contributed by atoms with Crippen LogP contribution >= 0.6 is 0 Å². The van der Waals surface area contributed by atoms with Crippen molar-refractivity contribution in [2.45, 2.75) is 31.2 Å². The van der Waals surface area contributed by atoms with E-state index in [1.807, 2.05) is 24.3 Å². The number of rotatable bonds is 0. The van der Waals surface area contributed by atoms with Gasteiger partial charge < -0.3 is 10.2 Å². The summed E-state index contributed by atoms with van der Waals surface area (Å²) >= 11 is 0. The molecule has 4 heteroatoms. The van der Waals surface area contributed by atoms with Crippen LogP contribution in [-0.2, 0) is 0 Å². The topological polar surface area (TPSA) is 32.3 Å². The van der Waals surface area contributed by atoms with Gasteiger partial charge in [0.2, 0.25) is 0 Å². The first-order chi connectivity index (χ1) is 8.12. The molecule has 1 N–H and O–H groups in total. The molecule has 0 spiro atoms. The van der Waals surface area contributed by atoms with Crippen molar-refractivity contribution in [3.05, 3.63) is 29.8 Å². The lowest BCUT2D eigenvalue weighted by atomic mass is 9.75. The average Bonchev–Trinajstić information content (AvgIpc) is 2.57. The highest BCUT2D eigenvalue weighted by molar-refractivity contribution is 6.19. The van der Waals surface area contributed by atoms with Gasteiger partial charge in [-0.05, 0) is 31.9 Å². The third-order valence-electron chi connectivity index (χ3n) is 4.16. The minimum absolute atomic E-state index is 0.0322. The van der Waals surface area contributed by atoms with Crippen LogP contribution in [0.25, 0.3) is 0 Å². The average molecular weight is 228 g/mol. The number of fused-ring (bicyclic) bond motifs is 2. The minimum Gasteiger partial charge on any atom is -0.383 e. The van der Waals surface area contributed by atoms with Gasteiger partial charge in [-0.1, -0.05) is 12.1 Å². The lowest BCUT2D eigenvalue weighted by Gasteiger charge is -2.36. The van der Waals surface area contributed by atoms with E-state index in [9.17, 15) is 4.79 Å². The molecule has 0 bridgehead atoms. The van der Waals surface area contributed by atoms with Crippen LogP contribution in [-0.4, -0.2) is 36.7 Å². The van der Waals surface area contributed by atoms with Gasteiger partial charge in [-0.3, -0.25) is 4.79 Å². The number of benzene rings is 1. The zero-order valence-electron chi connectivity index (χ0n) is 10.4. The van der Waals surface area contributed by atoms with Crippen LogP contribution < -0.4 is 5.32 Å². The van der Waals surface area contributed by atoms with Crippen LogP contribution in [0.1, 0.15) is 30.1 Å². The third-order valence-corrected chi connectivity index (χ3v) is 4.16. The normalized spacial score (nSPS) is 31.5. The van der Waals surface area contributed by atoms with Crippen molar-refractivity contribution >= 4 is 19.4 Å². The molecule has 2 heterocycles. The third kappa shape index (κ3) is 1.47. The van der Waals surface area contributed by atoms with Gasteiger partial charge in [-0.15, -0.1) is 0 Å². The number of amides is 1. The number of carbonyl (C=O) groups is 1. The second-order valence-electron chi connectivity index (χ2n) is 5.46. The van der Waals surface area contributed by atoms with Gasteiger partial charge in [0.15, 0.2) is 0 Å². The quantitative estimate of drug-likeness (QED) is 0.673. The molecule has 0 aliphatic carbocycles. The second-order valence-corrected chi connectivity index (χ2v) is 5.46. The number of hydrogen-bond acceptors (Lipinski definition) is 2. The van der Waals surface area contributed by atoms with Crippen molar-refractivity contribution in [3.8, 4) is 0 Å². The molecular weight excluding hydrogens is 211 g/mol. The molecule has 1 saturated heterocycles. The Labute approximate surface area is 103 Å². The van der Waals surface area contributed by atoms with E-state index in [2.05, 4.69) is 25.0 Å². The standard InChI is InChI=1S/C13H17BN2O/c1-9-6-7-13(14)8-15-11-5-3-2-4-10(11)12(17)16(9)13/h2-5,9,15H,6-8,14H2,1H3. The van der Waals surface area contributed by atoms with Crippen molar-refractivity contribution in [1.82, 2.24) is 4.90 Å². The number of hydrogen-bond donors (Lipinski definition) is 1. The molecule has 88 valence electrons. The van der Waals surface area contributed by atoms with Crippen LogP contribution in [0.2, 0.25) is 0 Å². The molecule has 2 aliphatic rings. The van der Waals surface area contributed by atoms with Crippen molar-refractivity contribution in [2.75, 3.05) is 11.9 Å². The Morgan fingerprint density at radius 2 is 2.24 bits per heavy atom. The van der Waals surface area contributed by atoms with Gasteiger partial charge in [-0.2, -0.15) is 0 Å². The summed E-state index contributed by atoms with van der Waals surface area (Å²) < 4.78 is 0. The Kier molecular flexibility index (Phi) is 2.22. The smallest absolute Gasteiger partial charge is 0.256 e. The molecule has 1 fully saturated rings. The minimum atomic E-state index is -0.0322. The Hall–Kier alpha value is -1.45. The Bertz CT molecular complexity index is 476. The first-order valence-electron chi connectivity index (χ1n) is 6.28. The fourth-order valence-corrected chi connectivity index (χ4v) is 3.16. The molecule has 3 nitrogen and oxygen atoms in total. The number of anilines is 1. The second kappa shape index (κ2) is 3.52. The first-order valence-corrected chi connectivity index (χ1v) is 6.28. The van der Waals surface area contributed by atoms with E-state index in [0.717, 1.165) is 30.6 Å². The highest BCUT2D eigenvalue weighted by Crippen LogP contribution is 2.36. The van der Waals surface area contributed by atoms with Gasteiger partial charge >= 0.3 is 0 Å². The number of para-hydroxylation sites is 1. The molecule has 0 radical (unpaired) electrons. The van der Waals surface area contributed by atoms with Gasteiger partial charge in [0, 0.05) is 23.7 Å². The van der Waals surface area contributed by atoms with Crippen LogP contribution in [0, 0.1) is 0 Å². The molecule has 17 heavy (non-hydrogen) atoms. The maximum Gasteiger partial charge on any atom is 0.256 e. The fourth-order valence-electron chi connectivity index (χ4n) is 3.16. The number of nitrogens with one attached hydrogen (secondary N) is 1. The van der Waals surface area contributed by atoms with E-state index < -0.39 is 0 Å². The summed E-state index contributed by atoms with van der Waals surface area (Å²) in [6, 6.07) is 8.16. The van der Waals surface area contributed by atoms with E-state index in [0.29, 0.717) is 6.04 Å². The molecule has 2 aliphatic heterocycles. The molecular formula is C13H17BN2O. The van der Waals surface area contributed by atoms with E-state index in [4.69, 9.17) is 0 Å². The molecule has 3 rings (SSSR count). The van der Waals surface area contributed by atoms with Gasteiger partial charge in [0.05, 0.1) is 5.56 Å². The van der Waals surface area contributed by atoms with E-state index >= 15 is 0 Å². The van der Waals surface area contributed by atoms with E-state index in [1.54, 1.807) is 0 Å². The Balaban J connectivity index is 2.10. The summed E-state index contributed by atoms with van der Waals surface area (Å²) in [5.74, 6) is 0.179. The van der Waals surface area contributed by atoms with Crippen molar-refractivity contribution in [3.63, 3.8) is 0 Å². The molecule has 0 aromatic heterocycles. The Morgan fingerprint density at radius 3 is 3.06 bits per heavy atom. The van der Waals surface area contributed by atoms with Crippen molar-refractivity contribution < 1.29 is 4.79 Å². The van der Waals surface area contributed by atoms with Gasteiger partial charge in [-0.25, -0.2) is 0 Å². The maximum absolute atomic E-state index is 12.6. The van der Waals surface area contributed by atoms with Crippen molar-refractivity contribution in [2.24, 2.45) is 0 Å². The fraction of sp³-hybridized carbons (Fsp3) is 0.462. The summed E-state index contributed by atoms with van der Waals surface area (Å²) in [6.45, 7) is 3.00. The lowest BCUT2D eigenvalue weighted by Crippen LogP contribution is -2.52. The highest BCUT2D eigenvalue weighted by Gasteiger charge is 2.45. The zero-order valence-corrected chi connectivity index (χ0v) is 10.4. The summed E-state index contributed by atoms with van der Waals surface area (Å²) in [7, 11) is 2.19. The SMILES string of the molecule is BC12CCC(C)N1C(=O)c1ccccc1NC2. The predicted molar refractivity (Wildman–Crippen MR) is 71.1 cm³/mol. The lowest BCUT2D eigenvalue weighted by molar-refractivity contribution is 0.0658. The highest BCUT2D eigenvalue weighted by atomic mass is 16.2. The maximum atomic E-state index is 12.6. The number of nitrogens with zero attached hydrogens (tertiary/aromatic N) is 1. The van der Waals surface area contributed by atoms with Crippen LogP contribution in [0.3, 0.4) is 0 Å². The van der Waals surface area contributed by atoms with Crippen molar-refractivity contribution in [1.29, 1.82) is 0 Å². The van der Waals surface area contributed by atoms with Crippen LogP contribution in [0.5, 0.6) is 0 Å². The van der Waals surface area contributed by atoms with Crippen LogP contribution in [0.4, 0.5) is 5.69 Å². The Morgan fingerprint density at radius 1 is 1.47 bits per heavy atom. The van der Waals surface area contributed by atoms with Gasteiger partial charge in [0.25, 0.3) is 5.91 Å². The summed E-state index contributed by atoms with van der Waals surface area (Å²) in [4.78, 5) is 14.7. The molecule has 1 aromatic carbocycles. The number of carbonyl (C=O) groups excluding carboxylic acids is 1. The predicted octanol–water partition coefficient (Wildman–Crippen LogP) is 1.07. The van der Waals surface area contributed by atoms with Gasteiger partial charge in [0.1, 0.15) is 7.85 Å². The summed E-state index contributed by atoms with van der Waals surface area (Å²) in [5.41, 5.74) is 1.75. The van der Waals surface area contributed by atoms with E-state index in [-0.39, 0.29) is 11.3 Å². The van der Waals surface area contributed by atoms with E-state index in [1.165, 1.54) is 0 Å². The molecule has 1 aromatic rings. The summed E-state index contributed by atoms with van der Waals surface area (Å²) in [6.07, 6.45) is 2.19. The monoisotopic (exact) mass is 228 g/mol. The molecule has 2 unspecified atom stereocenters. The summed E-state index contributed by atoms with van der Waals surface area (Å²) in [5, 5.41) is 3.43. The molecule has 1 amide bonds. The zero-order chi connectivity index (χ0) is 12.0. The molecule has 0 saturated carbocycles.